The third kappa shape index (κ3) is 4.57. The molecule has 0 radical (unpaired) electrons. The van der Waals surface area contributed by atoms with Crippen LogP contribution in [0.5, 0.6) is 0 Å². The van der Waals surface area contributed by atoms with Crippen LogP contribution < -0.4 is 5.32 Å². The average molecular weight is 249 g/mol. The Hall–Kier alpha value is -1.84. The summed E-state index contributed by atoms with van der Waals surface area (Å²) in [5, 5.41) is 11.5. The summed E-state index contributed by atoms with van der Waals surface area (Å²) >= 11 is 0. The van der Waals surface area contributed by atoms with Gasteiger partial charge in [0.15, 0.2) is 0 Å². The highest BCUT2D eigenvalue weighted by Gasteiger charge is 2.18. The summed E-state index contributed by atoms with van der Waals surface area (Å²) < 4.78 is 0. The van der Waals surface area contributed by atoms with Gasteiger partial charge in [-0.25, -0.2) is 4.79 Å². The quantitative estimate of drug-likeness (QED) is 0.809. The smallest absolute Gasteiger partial charge is 0.326 e. The van der Waals surface area contributed by atoms with Gasteiger partial charge in [-0.15, -0.1) is 0 Å². The molecule has 4 nitrogen and oxygen atoms in total. The van der Waals surface area contributed by atoms with E-state index in [4.69, 9.17) is 5.11 Å². The van der Waals surface area contributed by atoms with Gasteiger partial charge in [0.2, 0.25) is 5.91 Å². The molecule has 0 saturated heterocycles. The van der Waals surface area contributed by atoms with Crippen LogP contribution in [0.3, 0.4) is 0 Å². The molecule has 4 heteroatoms. The second-order valence-corrected chi connectivity index (χ2v) is 4.41. The maximum absolute atomic E-state index is 11.7. The SMILES string of the molecule is CCCC(NC(=O)Cc1ccc(C)cc1)C(=O)O. The molecule has 1 amide bonds. The number of hydrogen-bond acceptors (Lipinski definition) is 2. The zero-order chi connectivity index (χ0) is 13.5. The molecule has 0 fully saturated rings. The van der Waals surface area contributed by atoms with Crippen molar-refractivity contribution in [3.8, 4) is 0 Å². The third-order valence-corrected chi connectivity index (χ3v) is 2.70. The predicted octanol–water partition coefficient (Wildman–Crippen LogP) is 1.91. The fourth-order valence-electron chi connectivity index (χ4n) is 1.68. The highest BCUT2D eigenvalue weighted by atomic mass is 16.4. The number of nitrogens with one attached hydrogen (secondary N) is 1. The van der Waals surface area contributed by atoms with Gasteiger partial charge >= 0.3 is 5.97 Å². The molecule has 1 unspecified atom stereocenters. The summed E-state index contributed by atoms with van der Waals surface area (Å²) in [5.74, 6) is -1.23. The predicted molar refractivity (Wildman–Crippen MR) is 69.4 cm³/mol. The number of carbonyl (C=O) groups excluding carboxylic acids is 1. The van der Waals surface area contributed by atoms with Gasteiger partial charge in [-0.1, -0.05) is 43.2 Å². The summed E-state index contributed by atoms with van der Waals surface area (Å²) in [7, 11) is 0. The number of aliphatic carboxylic acids is 1. The first-order valence-corrected chi connectivity index (χ1v) is 6.10. The zero-order valence-electron chi connectivity index (χ0n) is 10.8. The number of carbonyl (C=O) groups is 2. The van der Waals surface area contributed by atoms with Gasteiger partial charge in [-0.05, 0) is 18.9 Å². The first-order chi connectivity index (χ1) is 8.52. The van der Waals surface area contributed by atoms with E-state index < -0.39 is 12.0 Å². The van der Waals surface area contributed by atoms with Crippen LogP contribution in [0, 0.1) is 6.92 Å². The molecule has 1 atom stereocenters. The summed E-state index contributed by atoms with van der Waals surface area (Å²) in [4.78, 5) is 22.6. The number of rotatable bonds is 6. The molecule has 1 rings (SSSR count). The largest absolute Gasteiger partial charge is 0.480 e. The van der Waals surface area contributed by atoms with Crippen LogP contribution in [0.2, 0.25) is 0 Å². The first kappa shape index (κ1) is 14.2. The highest BCUT2D eigenvalue weighted by molar-refractivity contribution is 5.84. The van der Waals surface area contributed by atoms with Crippen molar-refractivity contribution in [2.45, 2.75) is 39.2 Å². The lowest BCUT2D eigenvalue weighted by atomic mass is 10.1. The van der Waals surface area contributed by atoms with Gasteiger partial charge < -0.3 is 10.4 Å². The van der Waals surface area contributed by atoms with Crippen LogP contribution >= 0.6 is 0 Å². The van der Waals surface area contributed by atoms with E-state index in [-0.39, 0.29) is 12.3 Å². The van der Waals surface area contributed by atoms with Crippen molar-refractivity contribution in [3.05, 3.63) is 35.4 Å². The Kier molecular flexibility index (Phi) is 5.36. The van der Waals surface area contributed by atoms with E-state index in [0.717, 1.165) is 17.5 Å². The van der Waals surface area contributed by atoms with Crippen LogP contribution in [0.1, 0.15) is 30.9 Å². The molecule has 0 heterocycles. The molecule has 0 aliphatic rings. The lowest BCUT2D eigenvalue weighted by molar-refractivity contribution is -0.141. The molecule has 0 spiro atoms. The van der Waals surface area contributed by atoms with Gasteiger partial charge in [-0.2, -0.15) is 0 Å². The van der Waals surface area contributed by atoms with Gasteiger partial charge in [0, 0.05) is 0 Å². The van der Waals surface area contributed by atoms with Crippen molar-refractivity contribution in [3.63, 3.8) is 0 Å². The van der Waals surface area contributed by atoms with Crippen LogP contribution in [0.15, 0.2) is 24.3 Å². The number of hydrogen-bond donors (Lipinski definition) is 2. The number of aryl methyl sites for hydroxylation is 1. The standard InChI is InChI=1S/C14H19NO3/c1-3-4-12(14(17)18)15-13(16)9-11-7-5-10(2)6-8-11/h5-8,12H,3-4,9H2,1-2H3,(H,15,16)(H,17,18). The zero-order valence-corrected chi connectivity index (χ0v) is 10.8. The topological polar surface area (TPSA) is 66.4 Å². The lowest BCUT2D eigenvalue weighted by Crippen LogP contribution is -2.41. The summed E-state index contributed by atoms with van der Waals surface area (Å²) in [6.07, 6.45) is 1.39. The number of carboxylic acid groups (broad SMARTS) is 1. The van der Waals surface area contributed by atoms with Gasteiger partial charge in [0.05, 0.1) is 6.42 Å². The fourth-order valence-corrected chi connectivity index (χ4v) is 1.68. The van der Waals surface area contributed by atoms with Gasteiger partial charge in [0.25, 0.3) is 0 Å². The van der Waals surface area contributed by atoms with Crippen molar-refractivity contribution in [2.75, 3.05) is 0 Å². The van der Waals surface area contributed by atoms with E-state index in [0.29, 0.717) is 6.42 Å². The third-order valence-electron chi connectivity index (χ3n) is 2.70. The van der Waals surface area contributed by atoms with E-state index in [1.165, 1.54) is 0 Å². The van der Waals surface area contributed by atoms with E-state index in [2.05, 4.69) is 5.32 Å². The molecular formula is C14H19NO3. The molecule has 0 bridgehead atoms. The molecule has 98 valence electrons. The van der Waals surface area contributed by atoms with Crippen molar-refractivity contribution in [1.82, 2.24) is 5.32 Å². The van der Waals surface area contributed by atoms with Crippen molar-refractivity contribution in [1.29, 1.82) is 0 Å². The fraction of sp³-hybridized carbons (Fsp3) is 0.429. The molecule has 1 aromatic carbocycles. The minimum absolute atomic E-state index is 0.216. The molecule has 0 aliphatic carbocycles. The number of amides is 1. The monoisotopic (exact) mass is 249 g/mol. The second-order valence-electron chi connectivity index (χ2n) is 4.41. The summed E-state index contributed by atoms with van der Waals surface area (Å²) in [5.41, 5.74) is 2.02. The van der Waals surface area contributed by atoms with Crippen molar-refractivity contribution in [2.24, 2.45) is 0 Å². The molecule has 18 heavy (non-hydrogen) atoms. The maximum atomic E-state index is 11.7. The Morgan fingerprint density at radius 1 is 1.28 bits per heavy atom. The molecule has 0 saturated carbocycles. The van der Waals surface area contributed by atoms with Crippen molar-refractivity contribution < 1.29 is 14.7 Å². The molecule has 0 aromatic heterocycles. The molecular weight excluding hydrogens is 230 g/mol. The second kappa shape index (κ2) is 6.79. The molecule has 0 aliphatic heterocycles. The van der Waals surface area contributed by atoms with Crippen LogP contribution in [-0.4, -0.2) is 23.0 Å². The molecule has 2 N–H and O–H groups in total. The minimum atomic E-state index is -0.978. The Balaban J connectivity index is 2.54. The number of carboxylic acids is 1. The average Bonchev–Trinajstić information content (AvgIpc) is 2.31. The van der Waals surface area contributed by atoms with Crippen molar-refractivity contribution >= 4 is 11.9 Å². The van der Waals surface area contributed by atoms with Crippen LogP contribution in [-0.2, 0) is 16.0 Å². The van der Waals surface area contributed by atoms with Gasteiger partial charge in [-0.3, -0.25) is 4.79 Å². The Morgan fingerprint density at radius 3 is 2.39 bits per heavy atom. The van der Waals surface area contributed by atoms with Gasteiger partial charge in [0.1, 0.15) is 6.04 Å². The van der Waals surface area contributed by atoms with E-state index in [1.807, 2.05) is 38.1 Å². The van der Waals surface area contributed by atoms with E-state index in [1.54, 1.807) is 0 Å². The maximum Gasteiger partial charge on any atom is 0.326 e. The Bertz CT molecular complexity index is 412. The Labute approximate surface area is 107 Å². The number of benzene rings is 1. The first-order valence-electron chi connectivity index (χ1n) is 6.10. The van der Waals surface area contributed by atoms with E-state index in [9.17, 15) is 9.59 Å². The summed E-state index contributed by atoms with van der Waals surface area (Å²) in [6, 6.07) is 6.84. The minimum Gasteiger partial charge on any atom is -0.480 e. The van der Waals surface area contributed by atoms with E-state index >= 15 is 0 Å². The lowest BCUT2D eigenvalue weighted by Gasteiger charge is -2.13. The van der Waals surface area contributed by atoms with Crippen LogP contribution in [0.4, 0.5) is 0 Å². The summed E-state index contributed by atoms with van der Waals surface area (Å²) in [6.45, 7) is 3.87. The van der Waals surface area contributed by atoms with Crippen LogP contribution in [0.25, 0.3) is 0 Å². The molecule has 1 aromatic rings. The Morgan fingerprint density at radius 2 is 1.89 bits per heavy atom. The highest BCUT2D eigenvalue weighted by Crippen LogP contribution is 2.04. The normalized spacial score (nSPS) is 11.9.